The molecule has 0 radical (unpaired) electrons. The topological polar surface area (TPSA) is 77.9 Å². The highest BCUT2D eigenvalue weighted by Gasteiger charge is 2.34. The van der Waals surface area contributed by atoms with E-state index < -0.39 is 12.0 Å². The zero-order valence-corrected chi connectivity index (χ0v) is 11.4. The standard InChI is InChI=1S/C11H18N2O4S/c1-8(14)13-7-18-6-9(13)11(17)12(2)5-3-4-10(15)16/h9H,3-7H2,1-2H3,(H,15,16)/t9-/m1/s1. The van der Waals surface area contributed by atoms with Gasteiger partial charge < -0.3 is 14.9 Å². The van der Waals surface area contributed by atoms with Crippen LogP contribution in [0.5, 0.6) is 0 Å². The van der Waals surface area contributed by atoms with Crippen molar-refractivity contribution in [1.29, 1.82) is 0 Å². The van der Waals surface area contributed by atoms with Crippen molar-refractivity contribution in [1.82, 2.24) is 9.80 Å². The van der Waals surface area contributed by atoms with Crippen LogP contribution in [-0.4, -0.2) is 64.0 Å². The number of carbonyl (C=O) groups excluding carboxylic acids is 2. The van der Waals surface area contributed by atoms with E-state index >= 15 is 0 Å². The summed E-state index contributed by atoms with van der Waals surface area (Å²) in [6.07, 6.45) is 0.477. The summed E-state index contributed by atoms with van der Waals surface area (Å²) >= 11 is 1.56. The number of likely N-dealkylation sites (N-methyl/N-ethyl adjacent to an activating group) is 1. The van der Waals surface area contributed by atoms with E-state index in [0.29, 0.717) is 24.6 Å². The molecule has 0 aliphatic carbocycles. The minimum Gasteiger partial charge on any atom is -0.481 e. The summed E-state index contributed by atoms with van der Waals surface area (Å²) in [5.41, 5.74) is 0. The van der Waals surface area contributed by atoms with Crippen LogP contribution in [0.25, 0.3) is 0 Å². The first-order chi connectivity index (χ1) is 8.43. The zero-order chi connectivity index (χ0) is 13.7. The molecule has 18 heavy (non-hydrogen) atoms. The zero-order valence-electron chi connectivity index (χ0n) is 10.6. The molecule has 0 aromatic rings. The molecule has 0 aromatic carbocycles. The molecule has 1 N–H and O–H groups in total. The normalized spacial score (nSPS) is 18.8. The Balaban J connectivity index is 2.47. The van der Waals surface area contributed by atoms with E-state index in [9.17, 15) is 14.4 Å². The molecule has 1 atom stereocenters. The summed E-state index contributed by atoms with van der Waals surface area (Å²) < 4.78 is 0. The molecule has 6 nitrogen and oxygen atoms in total. The molecule has 0 spiro atoms. The minimum atomic E-state index is -0.863. The van der Waals surface area contributed by atoms with Gasteiger partial charge in [0.2, 0.25) is 11.8 Å². The lowest BCUT2D eigenvalue weighted by atomic mass is 10.2. The maximum atomic E-state index is 12.1. The number of rotatable bonds is 5. The average Bonchev–Trinajstić information content (AvgIpc) is 2.76. The number of thioether (sulfide) groups is 1. The van der Waals surface area contributed by atoms with Crippen LogP contribution in [0.2, 0.25) is 0 Å². The number of carbonyl (C=O) groups is 3. The maximum absolute atomic E-state index is 12.1. The second kappa shape index (κ2) is 6.63. The van der Waals surface area contributed by atoms with Crippen molar-refractivity contribution in [2.75, 3.05) is 25.2 Å². The van der Waals surface area contributed by atoms with E-state index in [1.165, 1.54) is 11.8 Å². The minimum absolute atomic E-state index is 0.0491. The summed E-state index contributed by atoms with van der Waals surface area (Å²) in [5.74, 6) is 0.0895. The van der Waals surface area contributed by atoms with Gasteiger partial charge in [0, 0.05) is 32.7 Å². The van der Waals surface area contributed by atoms with E-state index in [1.807, 2.05) is 0 Å². The number of nitrogens with zero attached hydrogens (tertiary/aromatic N) is 2. The van der Waals surface area contributed by atoms with Gasteiger partial charge in [0.1, 0.15) is 6.04 Å². The fourth-order valence-electron chi connectivity index (χ4n) is 1.79. The van der Waals surface area contributed by atoms with Crippen molar-refractivity contribution in [3.05, 3.63) is 0 Å². The van der Waals surface area contributed by atoms with E-state index in [2.05, 4.69) is 0 Å². The Bertz CT molecular complexity index is 348. The Morgan fingerprint density at radius 1 is 1.44 bits per heavy atom. The van der Waals surface area contributed by atoms with Crippen LogP contribution in [-0.2, 0) is 14.4 Å². The van der Waals surface area contributed by atoms with Gasteiger partial charge in [-0.3, -0.25) is 14.4 Å². The third-order valence-corrected chi connectivity index (χ3v) is 3.84. The largest absolute Gasteiger partial charge is 0.481 e. The van der Waals surface area contributed by atoms with E-state index in [-0.39, 0.29) is 18.2 Å². The fourth-order valence-corrected chi connectivity index (χ4v) is 3.00. The molecule has 0 aromatic heterocycles. The summed E-state index contributed by atoms with van der Waals surface area (Å²) in [6, 6.07) is -0.401. The Hall–Kier alpha value is -1.24. The summed E-state index contributed by atoms with van der Waals surface area (Å²) in [4.78, 5) is 36.9. The van der Waals surface area contributed by atoms with Crippen LogP contribution in [0.4, 0.5) is 0 Å². The van der Waals surface area contributed by atoms with Gasteiger partial charge in [-0.25, -0.2) is 0 Å². The first-order valence-electron chi connectivity index (χ1n) is 5.75. The summed E-state index contributed by atoms with van der Waals surface area (Å²) in [5, 5.41) is 8.53. The molecular weight excluding hydrogens is 256 g/mol. The van der Waals surface area contributed by atoms with Crippen LogP contribution in [0.1, 0.15) is 19.8 Å². The van der Waals surface area contributed by atoms with Crippen molar-refractivity contribution < 1.29 is 19.5 Å². The van der Waals surface area contributed by atoms with Crippen molar-refractivity contribution in [2.24, 2.45) is 0 Å². The fraction of sp³-hybridized carbons (Fsp3) is 0.727. The molecule has 102 valence electrons. The van der Waals surface area contributed by atoms with Crippen molar-refractivity contribution >= 4 is 29.5 Å². The molecule has 0 unspecified atom stereocenters. The molecule has 1 aliphatic heterocycles. The molecule has 0 saturated carbocycles. The quantitative estimate of drug-likeness (QED) is 0.776. The highest BCUT2D eigenvalue weighted by atomic mass is 32.2. The third kappa shape index (κ3) is 3.90. The Morgan fingerprint density at radius 3 is 2.67 bits per heavy atom. The van der Waals surface area contributed by atoms with E-state index in [4.69, 9.17) is 5.11 Å². The smallest absolute Gasteiger partial charge is 0.303 e. The lowest BCUT2D eigenvalue weighted by Crippen LogP contribution is -2.47. The molecule has 1 fully saturated rings. The first-order valence-corrected chi connectivity index (χ1v) is 6.90. The number of carboxylic acids is 1. The number of carboxylic acid groups (broad SMARTS) is 1. The summed E-state index contributed by atoms with van der Waals surface area (Å²) in [7, 11) is 1.64. The van der Waals surface area contributed by atoms with Gasteiger partial charge in [0.15, 0.2) is 0 Å². The van der Waals surface area contributed by atoms with Gasteiger partial charge >= 0.3 is 5.97 Å². The molecule has 2 amide bonds. The van der Waals surface area contributed by atoms with Crippen LogP contribution < -0.4 is 0 Å². The van der Waals surface area contributed by atoms with Crippen LogP contribution in [0.3, 0.4) is 0 Å². The van der Waals surface area contributed by atoms with Gasteiger partial charge in [-0.15, -0.1) is 11.8 Å². The second-order valence-electron chi connectivity index (χ2n) is 4.26. The van der Waals surface area contributed by atoms with Gasteiger partial charge in [-0.1, -0.05) is 0 Å². The van der Waals surface area contributed by atoms with Crippen LogP contribution >= 0.6 is 11.8 Å². The predicted molar refractivity (Wildman–Crippen MR) is 68.1 cm³/mol. The lowest BCUT2D eigenvalue weighted by Gasteiger charge is -2.26. The predicted octanol–water partition coefficient (Wildman–Crippen LogP) is 0.231. The lowest BCUT2D eigenvalue weighted by molar-refractivity contribution is -0.142. The van der Waals surface area contributed by atoms with E-state index in [1.54, 1.807) is 23.7 Å². The van der Waals surface area contributed by atoms with Crippen LogP contribution in [0.15, 0.2) is 0 Å². The summed E-state index contributed by atoms with van der Waals surface area (Å²) in [6.45, 7) is 1.86. The number of hydrogen-bond donors (Lipinski definition) is 1. The highest BCUT2D eigenvalue weighted by Crippen LogP contribution is 2.22. The number of aliphatic carboxylic acids is 1. The molecule has 1 rings (SSSR count). The highest BCUT2D eigenvalue weighted by molar-refractivity contribution is 7.99. The third-order valence-electron chi connectivity index (χ3n) is 2.83. The van der Waals surface area contributed by atoms with Gasteiger partial charge in [-0.2, -0.15) is 0 Å². The Kier molecular flexibility index (Phi) is 5.46. The molecule has 0 bridgehead atoms. The van der Waals surface area contributed by atoms with Crippen molar-refractivity contribution in [2.45, 2.75) is 25.8 Å². The monoisotopic (exact) mass is 274 g/mol. The molecule has 1 heterocycles. The Labute approximate surface area is 110 Å². The van der Waals surface area contributed by atoms with Gasteiger partial charge in [-0.05, 0) is 6.42 Å². The van der Waals surface area contributed by atoms with Crippen molar-refractivity contribution in [3.63, 3.8) is 0 Å². The second-order valence-corrected chi connectivity index (χ2v) is 5.26. The van der Waals surface area contributed by atoms with Crippen molar-refractivity contribution in [3.8, 4) is 0 Å². The maximum Gasteiger partial charge on any atom is 0.303 e. The SMILES string of the molecule is CC(=O)N1CSC[C@@H]1C(=O)N(C)CCCC(=O)O. The number of amides is 2. The number of hydrogen-bond acceptors (Lipinski definition) is 4. The molecule has 7 heteroatoms. The Morgan fingerprint density at radius 2 is 2.11 bits per heavy atom. The molecule has 1 aliphatic rings. The first kappa shape index (κ1) is 14.8. The molecule has 1 saturated heterocycles. The van der Waals surface area contributed by atoms with Gasteiger partial charge in [0.05, 0.1) is 5.88 Å². The average molecular weight is 274 g/mol. The molecular formula is C11H18N2O4S. The van der Waals surface area contributed by atoms with Gasteiger partial charge in [0.25, 0.3) is 0 Å². The van der Waals surface area contributed by atoms with Crippen LogP contribution in [0, 0.1) is 0 Å². The van der Waals surface area contributed by atoms with E-state index in [0.717, 1.165) is 0 Å².